The highest BCUT2D eigenvalue weighted by Gasteiger charge is 2.22. The first-order chi connectivity index (χ1) is 13.0. The molecule has 1 saturated heterocycles. The molecule has 1 aliphatic rings. The number of nitrogens with one attached hydrogen (secondary N) is 1. The number of urea groups is 1. The van der Waals surface area contributed by atoms with Crippen LogP contribution in [0, 0.1) is 12.7 Å². The monoisotopic (exact) mass is 369 g/mol. The van der Waals surface area contributed by atoms with Crippen molar-refractivity contribution in [3.8, 4) is 0 Å². The van der Waals surface area contributed by atoms with Crippen molar-refractivity contribution in [1.29, 1.82) is 0 Å². The molecule has 1 heterocycles. The molecule has 2 aromatic carbocycles. The van der Waals surface area contributed by atoms with Crippen molar-refractivity contribution in [2.75, 3.05) is 20.1 Å². The Labute approximate surface area is 161 Å². The molecule has 1 fully saturated rings. The zero-order valence-corrected chi connectivity index (χ0v) is 16.1. The molecule has 0 atom stereocenters. The lowest BCUT2D eigenvalue weighted by Crippen LogP contribution is -2.48. The summed E-state index contributed by atoms with van der Waals surface area (Å²) in [5.74, 6) is -0.230. The summed E-state index contributed by atoms with van der Waals surface area (Å²) in [6.07, 6.45) is 1.90. The van der Waals surface area contributed by atoms with Gasteiger partial charge in [-0.3, -0.25) is 4.90 Å². The molecular weight excluding hydrogens is 341 g/mol. The molecule has 3 rings (SSSR count). The first-order valence-electron chi connectivity index (χ1n) is 9.54. The molecule has 1 N–H and O–H groups in total. The largest absolute Gasteiger partial charge is 0.335 e. The van der Waals surface area contributed by atoms with E-state index < -0.39 is 0 Å². The summed E-state index contributed by atoms with van der Waals surface area (Å²) in [6, 6.07) is 15.7. The minimum atomic E-state index is -0.230. The van der Waals surface area contributed by atoms with Crippen LogP contribution >= 0.6 is 0 Å². The summed E-state index contributed by atoms with van der Waals surface area (Å²) in [5, 5.41) is 3.12. The van der Waals surface area contributed by atoms with E-state index in [9.17, 15) is 9.18 Å². The van der Waals surface area contributed by atoms with Gasteiger partial charge >= 0.3 is 6.03 Å². The van der Waals surface area contributed by atoms with Crippen molar-refractivity contribution < 1.29 is 9.18 Å². The van der Waals surface area contributed by atoms with Crippen LogP contribution in [0.2, 0.25) is 0 Å². The molecule has 2 aromatic rings. The number of rotatable bonds is 5. The SMILES string of the molecule is Cc1ccc(CN(C)C(=O)NC2CCN(Cc3ccccc3)CC2)cc1F. The average molecular weight is 369 g/mol. The molecule has 0 saturated carbocycles. The average Bonchev–Trinajstić information content (AvgIpc) is 2.67. The Balaban J connectivity index is 1.43. The summed E-state index contributed by atoms with van der Waals surface area (Å²) in [6.45, 7) is 5.05. The van der Waals surface area contributed by atoms with Gasteiger partial charge < -0.3 is 10.2 Å². The topological polar surface area (TPSA) is 35.6 Å². The third-order valence-electron chi connectivity index (χ3n) is 5.17. The fraction of sp³-hybridized carbons (Fsp3) is 0.409. The highest BCUT2D eigenvalue weighted by Crippen LogP contribution is 2.15. The Morgan fingerprint density at radius 1 is 1.15 bits per heavy atom. The van der Waals surface area contributed by atoms with E-state index in [4.69, 9.17) is 0 Å². The molecule has 0 bridgehead atoms. The van der Waals surface area contributed by atoms with Crippen molar-refractivity contribution in [3.05, 3.63) is 71.0 Å². The van der Waals surface area contributed by atoms with Gasteiger partial charge in [0.2, 0.25) is 0 Å². The zero-order chi connectivity index (χ0) is 19.2. The molecule has 0 unspecified atom stereocenters. The highest BCUT2D eigenvalue weighted by molar-refractivity contribution is 5.74. The van der Waals surface area contributed by atoms with E-state index in [1.54, 1.807) is 24.9 Å². The predicted octanol–water partition coefficient (Wildman–Crippen LogP) is 3.94. The van der Waals surface area contributed by atoms with Gasteiger partial charge in [0, 0.05) is 39.3 Å². The van der Waals surface area contributed by atoms with E-state index in [1.807, 2.05) is 12.1 Å². The van der Waals surface area contributed by atoms with Gasteiger partial charge in [0.15, 0.2) is 0 Å². The summed E-state index contributed by atoms with van der Waals surface area (Å²) in [4.78, 5) is 16.5. The van der Waals surface area contributed by atoms with Crippen LogP contribution in [0.25, 0.3) is 0 Å². The standard InChI is InChI=1S/C22H28FN3O/c1-17-8-9-19(14-21(17)23)15-25(2)22(27)24-20-10-12-26(13-11-20)16-18-6-4-3-5-7-18/h3-9,14,20H,10-13,15-16H2,1-2H3,(H,24,27). The normalized spacial score (nSPS) is 15.5. The van der Waals surface area contributed by atoms with Gasteiger partial charge in [-0.1, -0.05) is 42.5 Å². The first kappa shape index (κ1) is 19.4. The maximum absolute atomic E-state index is 13.7. The minimum absolute atomic E-state index is 0.0995. The van der Waals surface area contributed by atoms with Crippen LogP contribution in [-0.4, -0.2) is 42.0 Å². The Kier molecular flexibility index (Phi) is 6.45. The van der Waals surface area contributed by atoms with E-state index in [1.165, 1.54) is 11.6 Å². The minimum Gasteiger partial charge on any atom is -0.335 e. The number of hydrogen-bond acceptors (Lipinski definition) is 2. The smallest absolute Gasteiger partial charge is 0.317 e. The van der Waals surface area contributed by atoms with Crippen molar-refractivity contribution >= 4 is 6.03 Å². The number of piperidine rings is 1. The molecule has 27 heavy (non-hydrogen) atoms. The van der Waals surface area contributed by atoms with Gasteiger partial charge in [-0.2, -0.15) is 0 Å². The summed E-state index contributed by atoms with van der Waals surface area (Å²) in [7, 11) is 1.75. The number of carbonyl (C=O) groups excluding carboxylic acids is 1. The predicted molar refractivity (Wildman–Crippen MR) is 106 cm³/mol. The second kappa shape index (κ2) is 9.00. The van der Waals surface area contributed by atoms with Crippen LogP contribution in [0.15, 0.2) is 48.5 Å². The van der Waals surface area contributed by atoms with Crippen LogP contribution < -0.4 is 5.32 Å². The second-order valence-corrected chi connectivity index (χ2v) is 7.43. The van der Waals surface area contributed by atoms with E-state index >= 15 is 0 Å². The van der Waals surface area contributed by atoms with E-state index in [0.29, 0.717) is 12.1 Å². The highest BCUT2D eigenvalue weighted by atomic mass is 19.1. The number of amides is 2. The van der Waals surface area contributed by atoms with Gasteiger partial charge in [-0.25, -0.2) is 9.18 Å². The molecule has 0 aliphatic carbocycles. The number of nitrogens with zero attached hydrogens (tertiary/aromatic N) is 2. The van der Waals surface area contributed by atoms with Crippen molar-refractivity contribution in [1.82, 2.24) is 15.1 Å². The summed E-state index contributed by atoms with van der Waals surface area (Å²) in [5.41, 5.74) is 2.74. The third-order valence-corrected chi connectivity index (χ3v) is 5.17. The Bertz CT molecular complexity index is 757. The molecule has 0 spiro atoms. The molecule has 0 radical (unpaired) electrons. The molecule has 2 amide bonds. The lowest BCUT2D eigenvalue weighted by molar-refractivity contribution is 0.173. The lowest BCUT2D eigenvalue weighted by atomic mass is 10.0. The number of hydrogen-bond donors (Lipinski definition) is 1. The van der Waals surface area contributed by atoms with Crippen molar-refractivity contribution in [2.45, 2.75) is 38.9 Å². The molecule has 144 valence electrons. The van der Waals surface area contributed by atoms with Crippen molar-refractivity contribution in [2.24, 2.45) is 0 Å². The number of benzene rings is 2. The number of carbonyl (C=O) groups is 1. The number of aryl methyl sites for hydroxylation is 1. The van der Waals surface area contributed by atoms with Gasteiger partial charge in [0.05, 0.1) is 0 Å². The zero-order valence-electron chi connectivity index (χ0n) is 16.1. The van der Waals surface area contributed by atoms with Crippen LogP contribution in [-0.2, 0) is 13.1 Å². The Hall–Kier alpha value is -2.40. The fourth-order valence-electron chi connectivity index (χ4n) is 3.44. The van der Waals surface area contributed by atoms with Crippen LogP contribution in [0.5, 0.6) is 0 Å². The Morgan fingerprint density at radius 2 is 1.85 bits per heavy atom. The maximum atomic E-state index is 13.7. The first-order valence-corrected chi connectivity index (χ1v) is 9.54. The molecule has 1 aliphatic heterocycles. The van der Waals surface area contributed by atoms with Gasteiger partial charge in [-0.15, -0.1) is 0 Å². The van der Waals surface area contributed by atoms with Crippen LogP contribution in [0.1, 0.15) is 29.5 Å². The van der Waals surface area contributed by atoms with E-state index in [2.05, 4.69) is 34.5 Å². The molecule has 4 nitrogen and oxygen atoms in total. The number of likely N-dealkylation sites (tertiary alicyclic amines) is 1. The van der Waals surface area contributed by atoms with Gasteiger partial charge in [-0.05, 0) is 42.5 Å². The summed E-state index contributed by atoms with van der Waals surface area (Å²) >= 11 is 0. The second-order valence-electron chi connectivity index (χ2n) is 7.43. The van der Waals surface area contributed by atoms with Crippen LogP contribution in [0.3, 0.4) is 0 Å². The molecular formula is C22H28FN3O. The lowest BCUT2D eigenvalue weighted by Gasteiger charge is -2.33. The quantitative estimate of drug-likeness (QED) is 0.866. The maximum Gasteiger partial charge on any atom is 0.317 e. The molecule has 5 heteroatoms. The summed E-state index contributed by atoms with van der Waals surface area (Å²) < 4.78 is 13.7. The number of halogens is 1. The fourth-order valence-corrected chi connectivity index (χ4v) is 3.44. The third kappa shape index (κ3) is 5.54. The molecule has 0 aromatic heterocycles. The van der Waals surface area contributed by atoms with E-state index in [0.717, 1.165) is 38.0 Å². The van der Waals surface area contributed by atoms with Gasteiger partial charge in [0.1, 0.15) is 5.82 Å². The Morgan fingerprint density at radius 3 is 2.52 bits per heavy atom. The van der Waals surface area contributed by atoms with Crippen LogP contribution in [0.4, 0.5) is 9.18 Å². The van der Waals surface area contributed by atoms with Crippen molar-refractivity contribution in [3.63, 3.8) is 0 Å². The van der Waals surface area contributed by atoms with E-state index in [-0.39, 0.29) is 17.9 Å². The van der Waals surface area contributed by atoms with Gasteiger partial charge in [0.25, 0.3) is 0 Å².